The molecule has 2 aliphatic rings. The number of halogens is 2. The highest BCUT2D eigenvalue weighted by molar-refractivity contribution is 5.76. The second kappa shape index (κ2) is 6.07. The Morgan fingerprint density at radius 1 is 1.14 bits per heavy atom. The van der Waals surface area contributed by atoms with Crippen LogP contribution in [0.5, 0.6) is 0 Å². The van der Waals surface area contributed by atoms with Crippen LogP contribution in [0.1, 0.15) is 16.8 Å². The van der Waals surface area contributed by atoms with Gasteiger partial charge >= 0.3 is 0 Å². The van der Waals surface area contributed by atoms with E-state index in [9.17, 15) is 13.6 Å². The average molecular weight is 296 g/mol. The van der Waals surface area contributed by atoms with Crippen molar-refractivity contribution in [2.24, 2.45) is 0 Å². The molecule has 0 amide bonds. The zero-order valence-electron chi connectivity index (χ0n) is 11.7. The molecule has 6 heteroatoms. The maximum Gasteiger partial charge on any atom is 0.150 e. The van der Waals surface area contributed by atoms with Gasteiger partial charge in [0.15, 0.2) is 0 Å². The Kier molecular flexibility index (Phi) is 4.17. The molecule has 0 spiro atoms. The van der Waals surface area contributed by atoms with Crippen LogP contribution in [0.2, 0.25) is 0 Å². The van der Waals surface area contributed by atoms with Gasteiger partial charge in [0.1, 0.15) is 23.6 Å². The highest BCUT2D eigenvalue weighted by Gasteiger charge is 2.31. The summed E-state index contributed by atoms with van der Waals surface area (Å²) >= 11 is 0. The van der Waals surface area contributed by atoms with Gasteiger partial charge in [-0.3, -0.25) is 9.69 Å². The number of rotatable bonds is 3. The summed E-state index contributed by atoms with van der Waals surface area (Å²) in [7, 11) is 0. The van der Waals surface area contributed by atoms with E-state index in [0.29, 0.717) is 38.6 Å². The van der Waals surface area contributed by atoms with Gasteiger partial charge in [-0.25, -0.2) is 8.78 Å². The van der Waals surface area contributed by atoms with Gasteiger partial charge in [-0.05, 0) is 18.6 Å². The third-order valence-corrected chi connectivity index (χ3v) is 4.22. The number of hydrogen-bond donors (Lipinski definition) is 0. The van der Waals surface area contributed by atoms with E-state index in [1.54, 1.807) is 4.90 Å². The lowest BCUT2D eigenvalue weighted by Crippen LogP contribution is -2.44. The number of carbonyl (C=O) groups is 1. The Balaban J connectivity index is 1.75. The predicted octanol–water partition coefficient (Wildman–Crippen LogP) is 1.69. The highest BCUT2D eigenvalue weighted by atomic mass is 19.1. The molecule has 2 fully saturated rings. The molecular formula is C15H18F2N2O2. The van der Waals surface area contributed by atoms with Crippen LogP contribution in [-0.4, -0.2) is 56.6 Å². The third kappa shape index (κ3) is 2.91. The molecule has 0 bridgehead atoms. The largest absolute Gasteiger partial charge is 0.379 e. The summed E-state index contributed by atoms with van der Waals surface area (Å²) in [6.07, 6.45) is 1.34. The highest BCUT2D eigenvalue weighted by Crippen LogP contribution is 2.29. The quantitative estimate of drug-likeness (QED) is 0.795. The molecule has 0 N–H and O–H groups in total. The molecule has 1 aromatic rings. The van der Waals surface area contributed by atoms with Crippen LogP contribution in [0.15, 0.2) is 12.1 Å². The van der Waals surface area contributed by atoms with Gasteiger partial charge in [0.05, 0.1) is 13.2 Å². The number of aldehydes is 1. The van der Waals surface area contributed by atoms with Crippen molar-refractivity contribution in [3.05, 3.63) is 29.3 Å². The monoisotopic (exact) mass is 296 g/mol. The van der Waals surface area contributed by atoms with E-state index < -0.39 is 11.6 Å². The van der Waals surface area contributed by atoms with Crippen molar-refractivity contribution in [2.45, 2.75) is 12.5 Å². The first-order valence-corrected chi connectivity index (χ1v) is 7.20. The van der Waals surface area contributed by atoms with Crippen molar-refractivity contribution in [3.63, 3.8) is 0 Å². The number of hydrogen-bond acceptors (Lipinski definition) is 4. The van der Waals surface area contributed by atoms with Gasteiger partial charge in [0, 0.05) is 37.8 Å². The van der Waals surface area contributed by atoms with Crippen molar-refractivity contribution < 1.29 is 18.3 Å². The number of morpholine rings is 1. The first kappa shape index (κ1) is 14.4. The molecule has 3 rings (SSSR count). The minimum Gasteiger partial charge on any atom is -0.379 e. The first-order valence-electron chi connectivity index (χ1n) is 7.20. The minimum absolute atomic E-state index is 0.0173. The molecule has 0 radical (unpaired) electrons. The fourth-order valence-electron chi connectivity index (χ4n) is 3.14. The Hall–Kier alpha value is -1.53. The van der Waals surface area contributed by atoms with Crippen molar-refractivity contribution in [2.75, 3.05) is 44.3 Å². The van der Waals surface area contributed by atoms with Crippen molar-refractivity contribution in [1.82, 2.24) is 4.90 Å². The standard InChI is InChI=1S/C15H18F2N2O2/c16-13-7-11(10-20)8-14(17)15(13)19-2-1-12(9-19)18-3-5-21-6-4-18/h7-8,10,12H,1-6,9H2. The zero-order valence-corrected chi connectivity index (χ0v) is 11.7. The summed E-state index contributed by atoms with van der Waals surface area (Å²) in [5.74, 6) is -1.33. The number of carbonyl (C=O) groups excluding carboxylic acids is 1. The van der Waals surface area contributed by atoms with Crippen LogP contribution in [0.3, 0.4) is 0 Å². The molecule has 4 nitrogen and oxygen atoms in total. The van der Waals surface area contributed by atoms with Gasteiger partial charge in [-0.2, -0.15) is 0 Å². The minimum atomic E-state index is -0.667. The second-order valence-corrected chi connectivity index (χ2v) is 5.49. The molecule has 1 unspecified atom stereocenters. The van der Waals surface area contributed by atoms with Gasteiger partial charge in [-0.15, -0.1) is 0 Å². The molecule has 2 heterocycles. The molecule has 21 heavy (non-hydrogen) atoms. The van der Waals surface area contributed by atoms with E-state index in [1.807, 2.05) is 0 Å². The summed E-state index contributed by atoms with van der Waals surface area (Å²) < 4.78 is 33.4. The van der Waals surface area contributed by atoms with Crippen LogP contribution in [0.25, 0.3) is 0 Å². The lowest BCUT2D eigenvalue weighted by atomic mass is 10.2. The Morgan fingerprint density at radius 2 is 1.81 bits per heavy atom. The molecule has 2 aliphatic heterocycles. The second-order valence-electron chi connectivity index (χ2n) is 5.49. The summed E-state index contributed by atoms with van der Waals surface area (Å²) in [5, 5.41) is 0. The molecule has 0 saturated carbocycles. The molecule has 1 atom stereocenters. The summed E-state index contributed by atoms with van der Waals surface area (Å²) in [4.78, 5) is 14.7. The first-order chi connectivity index (χ1) is 10.2. The fraction of sp³-hybridized carbons (Fsp3) is 0.533. The van der Waals surface area contributed by atoms with Gasteiger partial charge in [0.2, 0.25) is 0 Å². The van der Waals surface area contributed by atoms with E-state index in [2.05, 4.69) is 4.90 Å². The maximum absolute atomic E-state index is 14.0. The molecular weight excluding hydrogens is 278 g/mol. The molecule has 0 aromatic heterocycles. The lowest BCUT2D eigenvalue weighted by molar-refractivity contribution is 0.0209. The van der Waals surface area contributed by atoms with Gasteiger partial charge in [0.25, 0.3) is 0 Å². The SMILES string of the molecule is O=Cc1cc(F)c(N2CCC(N3CCOCC3)C2)c(F)c1. The number of ether oxygens (including phenoxy) is 1. The summed E-state index contributed by atoms with van der Waals surface area (Å²) in [5.41, 5.74) is 0.00837. The van der Waals surface area contributed by atoms with E-state index >= 15 is 0 Å². The predicted molar refractivity (Wildman–Crippen MR) is 74.8 cm³/mol. The zero-order chi connectivity index (χ0) is 14.8. The number of anilines is 1. The van der Waals surface area contributed by atoms with Crippen LogP contribution in [-0.2, 0) is 4.74 Å². The third-order valence-electron chi connectivity index (χ3n) is 4.22. The van der Waals surface area contributed by atoms with Crippen molar-refractivity contribution in [3.8, 4) is 0 Å². The van der Waals surface area contributed by atoms with Crippen molar-refractivity contribution in [1.29, 1.82) is 0 Å². The van der Waals surface area contributed by atoms with Crippen LogP contribution < -0.4 is 4.90 Å². The lowest BCUT2D eigenvalue weighted by Gasteiger charge is -2.32. The normalized spacial score (nSPS) is 23.5. The van der Waals surface area contributed by atoms with E-state index in [-0.39, 0.29) is 11.3 Å². The van der Waals surface area contributed by atoms with Crippen LogP contribution in [0, 0.1) is 11.6 Å². The maximum atomic E-state index is 14.0. The fourth-order valence-corrected chi connectivity index (χ4v) is 3.14. The summed E-state index contributed by atoms with van der Waals surface area (Å²) in [6.45, 7) is 4.40. The average Bonchev–Trinajstić information content (AvgIpc) is 2.97. The summed E-state index contributed by atoms with van der Waals surface area (Å²) in [6, 6.07) is 2.49. The van der Waals surface area contributed by atoms with Crippen LogP contribution in [0.4, 0.5) is 14.5 Å². The molecule has 2 saturated heterocycles. The van der Waals surface area contributed by atoms with Crippen LogP contribution >= 0.6 is 0 Å². The Morgan fingerprint density at radius 3 is 2.43 bits per heavy atom. The molecule has 1 aromatic carbocycles. The van der Waals surface area contributed by atoms with Crippen molar-refractivity contribution >= 4 is 12.0 Å². The molecule has 0 aliphatic carbocycles. The topological polar surface area (TPSA) is 32.8 Å². The van der Waals surface area contributed by atoms with E-state index in [4.69, 9.17) is 4.74 Å². The van der Waals surface area contributed by atoms with E-state index in [0.717, 1.165) is 31.6 Å². The number of nitrogens with zero attached hydrogens (tertiary/aromatic N) is 2. The van der Waals surface area contributed by atoms with Gasteiger partial charge < -0.3 is 9.64 Å². The molecule has 114 valence electrons. The Bertz CT molecular complexity index is 509. The van der Waals surface area contributed by atoms with E-state index in [1.165, 1.54) is 0 Å². The number of benzene rings is 1. The smallest absolute Gasteiger partial charge is 0.150 e. The van der Waals surface area contributed by atoms with Gasteiger partial charge in [-0.1, -0.05) is 0 Å². The Labute approximate surface area is 122 Å².